The van der Waals surface area contributed by atoms with Crippen LogP contribution in [-0.2, 0) is 4.79 Å². The van der Waals surface area contributed by atoms with Crippen molar-refractivity contribution in [1.82, 2.24) is 10.6 Å². The topological polar surface area (TPSA) is 111 Å². The highest BCUT2D eigenvalue weighted by atomic mass is 16.6. The lowest BCUT2D eigenvalue weighted by Crippen LogP contribution is -2.50. The standard InChI is InChI=1S/C15H21N3O5/c1-9-8-11(6-7-12(9)18(21)22)23-10(2)13(19)16-14(20)17-15(3,4)5/h6-8,10H,1-5H3,(H2,16,17,19,20). The van der Waals surface area contributed by atoms with Gasteiger partial charge in [0.25, 0.3) is 11.6 Å². The number of nitro groups is 1. The number of nitrogens with one attached hydrogen (secondary N) is 2. The number of imide groups is 1. The van der Waals surface area contributed by atoms with Gasteiger partial charge in [-0.15, -0.1) is 0 Å². The average Bonchev–Trinajstić information content (AvgIpc) is 2.35. The first kappa shape index (κ1) is 18.4. The Bertz CT molecular complexity index is 622. The quantitative estimate of drug-likeness (QED) is 0.652. The molecule has 1 rings (SSSR count). The van der Waals surface area contributed by atoms with Gasteiger partial charge in [0.1, 0.15) is 5.75 Å². The first-order valence-corrected chi connectivity index (χ1v) is 7.04. The molecule has 0 radical (unpaired) electrons. The lowest BCUT2D eigenvalue weighted by Gasteiger charge is -2.21. The summed E-state index contributed by atoms with van der Waals surface area (Å²) in [5, 5.41) is 15.5. The molecule has 8 heteroatoms. The van der Waals surface area contributed by atoms with Gasteiger partial charge in [0.2, 0.25) is 0 Å². The van der Waals surface area contributed by atoms with Gasteiger partial charge in [0.05, 0.1) is 4.92 Å². The lowest BCUT2D eigenvalue weighted by molar-refractivity contribution is -0.385. The molecule has 0 saturated carbocycles. The van der Waals surface area contributed by atoms with Gasteiger partial charge in [-0.2, -0.15) is 0 Å². The first-order chi connectivity index (χ1) is 10.5. The molecule has 126 valence electrons. The molecule has 1 aromatic carbocycles. The lowest BCUT2D eigenvalue weighted by atomic mass is 10.1. The maximum absolute atomic E-state index is 11.9. The minimum absolute atomic E-state index is 0.0287. The third-order valence-corrected chi connectivity index (χ3v) is 2.77. The van der Waals surface area contributed by atoms with Gasteiger partial charge in [0, 0.05) is 17.2 Å². The van der Waals surface area contributed by atoms with Crippen LogP contribution in [-0.4, -0.2) is 28.5 Å². The third kappa shape index (κ3) is 5.93. The molecule has 1 atom stereocenters. The summed E-state index contributed by atoms with van der Waals surface area (Å²) in [4.78, 5) is 33.8. The van der Waals surface area contributed by atoms with Crippen LogP contribution in [0.4, 0.5) is 10.5 Å². The van der Waals surface area contributed by atoms with Crippen LogP contribution in [0.1, 0.15) is 33.3 Å². The summed E-state index contributed by atoms with van der Waals surface area (Å²) < 4.78 is 5.41. The number of hydrogen-bond donors (Lipinski definition) is 2. The van der Waals surface area contributed by atoms with E-state index in [0.29, 0.717) is 11.3 Å². The number of ether oxygens (including phenoxy) is 1. The van der Waals surface area contributed by atoms with E-state index in [0.717, 1.165) is 0 Å². The Kier molecular flexibility index (Phi) is 5.67. The number of urea groups is 1. The second-order valence-electron chi connectivity index (χ2n) is 6.16. The van der Waals surface area contributed by atoms with E-state index in [9.17, 15) is 19.7 Å². The summed E-state index contributed by atoms with van der Waals surface area (Å²) >= 11 is 0. The molecule has 0 bridgehead atoms. The van der Waals surface area contributed by atoms with E-state index >= 15 is 0 Å². The summed E-state index contributed by atoms with van der Waals surface area (Å²) in [6, 6.07) is 3.57. The molecule has 2 N–H and O–H groups in total. The van der Waals surface area contributed by atoms with Crippen LogP contribution in [0.25, 0.3) is 0 Å². The van der Waals surface area contributed by atoms with Gasteiger partial charge in [-0.3, -0.25) is 20.2 Å². The van der Waals surface area contributed by atoms with Crippen molar-refractivity contribution in [2.45, 2.75) is 46.3 Å². The molecule has 0 spiro atoms. The van der Waals surface area contributed by atoms with E-state index < -0.39 is 28.5 Å². The number of amides is 3. The largest absolute Gasteiger partial charge is 0.481 e. The number of aryl methyl sites for hydroxylation is 1. The Labute approximate surface area is 134 Å². The minimum Gasteiger partial charge on any atom is -0.481 e. The summed E-state index contributed by atoms with van der Waals surface area (Å²) in [5.41, 5.74) is -0.0752. The van der Waals surface area contributed by atoms with Crippen molar-refractivity contribution in [2.75, 3.05) is 0 Å². The number of nitrogens with zero attached hydrogens (tertiary/aromatic N) is 1. The second kappa shape index (κ2) is 7.08. The highest BCUT2D eigenvalue weighted by molar-refractivity contribution is 5.96. The van der Waals surface area contributed by atoms with Crippen LogP contribution in [0.2, 0.25) is 0 Å². The van der Waals surface area contributed by atoms with Gasteiger partial charge in [-0.25, -0.2) is 4.79 Å². The van der Waals surface area contributed by atoms with Crippen LogP contribution >= 0.6 is 0 Å². The molecule has 23 heavy (non-hydrogen) atoms. The zero-order valence-electron chi connectivity index (χ0n) is 13.8. The fourth-order valence-corrected chi connectivity index (χ4v) is 1.75. The zero-order valence-corrected chi connectivity index (χ0v) is 13.8. The number of nitro benzene ring substituents is 1. The highest BCUT2D eigenvalue weighted by Crippen LogP contribution is 2.23. The van der Waals surface area contributed by atoms with Gasteiger partial charge < -0.3 is 10.1 Å². The normalized spacial score (nSPS) is 12.2. The molecule has 1 unspecified atom stereocenters. The third-order valence-electron chi connectivity index (χ3n) is 2.77. The van der Waals surface area contributed by atoms with E-state index in [1.807, 2.05) is 0 Å². The minimum atomic E-state index is -0.929. The molecule has 0 saturated heterocycles. The van der Waals surface area contributed by atoms with E-state index in [2.05, 4.69) is 10.6 Å². The van der Waals surface area contributed by atoms with Gasteiger partial charge in [-0.05, 0) is 46.8 Å². The van der Waals surface area contributed by atoms with Crippen molar-refractivity contribution in [3.8, 4) is 5.75 Å². The summed E-state index contributed by atoms with van der Waals surface area (Å²) in [7, 11) is 0. The number of rotatable bonds is 4. The van der Waals surface area contributed by atoms with E-state index in [1.54, 1.807) is 27.7 Å². The van der Waals surface area contributed by atoms with Crippen LogP contribution in [0.5, 0.6) is 5.75 Å². The summed E-state index contributed by atoms with van der Waals surface area (Å²) in [5.74, 6) is -0.297. The van der Waals surface area contributed by atoms with Crippen LogP contribution in [0, 0.1) is 17.0 Å². The number of benzene rings is 1. The maximum atomic E-state index is 11.9. The van der Waals surface area contributed by atoms with E-state index in [1.165, 1.54) is 25.1 Å². The molecular formula is C15H21N3O5. The Morgan fingerprint density at radius 1 is 1.30 bits per heavy atom. The van der Waals surface area contributed by atoms with Gasteiger partial charge in [0.15, 0.2) is 6.10 Å². The zero-order chi connectivity index (χ0) is 17.8. The molecular weight excluding hydrogens is 302 g/mol. The Morgan fingerprint density at radius 3 is 2.39 bits per heavy atom. The Morgan fingerprint density at radius 2 is 1.91 bits per heavy atom. The van der Waals surface area contributed by atoms with Crippen molar-refractivity contribution in [3.05, 3.63) is 33.9 Å². The first-order valence-electron chi connectivity index (χ1n) is 7.04. The van der Waals surface area contributed by atoms with Crippen LogP contribution in [0.15, 0.2) is 18.2 Å². The van der Waals surface area contributed by atoms with Crippen molar-refractivity contribution in [3.63, 3.8) is 0 Å². The van der Waals surface area contributed by atoms with Crippen LogP contribution < -0.4 is 15.4 Å². The summed E-state index contributed by atoms with van der Waals surface area (Å²) in [6.45, 7) is 8.42. The molecule has 3 amide bonds. The molecule has 0 aliphatic carbocycles. The predicted molar refractivity (Wildman–Crippen MR) is 84.4 cm³/mol. The average molecular weight is 323 g/mol. The molecule has 0 aromatic heterocycles. The monoisotopic (exact) mass is 323 g/mol. The van der Waals surface area contributed by atoms with E-state index in [-0.39, 0.29) is 5.69 Å². The van der Waals surface area contributed by atoms with Crippen molar-refractivity contribution in [1.29, 1.82) is 0 Å². The fourth-order valence-electron chi connectivity index (χ4n) is 1.75. The van der Waals surface area contributed by atoms with Crippen LogP contribution in [0.3, 0.4) is 0 Å². The molecule has 0 aliphatic heterocycles. The molecule has 8 nitrogen and oxygen atoms in total. The smallest absolute Gasteiger partial charge is 0.321 e. The van der Waals surface area contributed by atoms with Gasteiger partial charge >= 0.3 is 6.03 Å². The van der Waals surface area contributed by atoms with Crippen molar-refractivity contribution in [2.24, 2.45) is 0 Å². The fraction of sp³-hybridized carbons (Fsp3) is 0.467. The predicted octanol–water partition coefficient (Wildman–Crippen LogP) is 2.29. The number of carbonyl (C=O) groups excluding carboxylic acids is 2. The number of carbonyl (C=O) groups is 2. The second-order valence-corrected chi connectivity index (χ2v) is 6.16. The van der Waals surface area contributed by atoms with Gasteiger partial charge in [-0.1, -0.05) is 0 Å². The SMILES string of the molecule is Cc1cc(OC(C)C(=O)NC(=O)NC(C)(C)C)ccc1[N+](=O)[O-]. The molecule has 0 heterocycles. The molecule has 0 aliphatic rings. The Hall–Kier alpha value is -2.64. The maximum Gasteiger partial charge on any atom is 0.321 e. The summed E-state index contributed by atoms with van der Waals surface area (Å²) in [6.07, 6.45) is -0.929. The highest BCUT2D eigenvalue weighted by Gasteiger charge is 2.21. The number of hydrogen-bond acceptors (Lipinski definition) is 5. The molecule has 0 fully saturated rings. The Balaban J connectivity index is 2.67. The van der Waals surface area contributed by atoms with Crippen molar-refractivity contribution < 1.29 is 19.2 Å². The van der Waals surface area contributed by atoms with E-state index in [4.69, 9.17) is 4.74 Å². The molecule has 1 aromatic rings. The van der Waals surface area contributed by atoms with Crippen molar-refractivity contribution >= 4 is 17.6 Å².